The van der Waals surface area contributed by atoms with Gasteiger partial charge in [0.15, 0.2) is 0 Å². The molecule has 1 saturated heterocycles. The molecular formula is C24H28F4N2O3. The predicted molar refractivity (Wildman–Crippen MR) is 116 cm³/mol. The summed E-state index contributed by atoms with van der Waals surface area (Å²) in [5.74, 6) is -0.274. The molecule has 0 bridgehead atoms. The number of carbonyl (C=O) groups excluding carboxylic acids is 1. The smallest absolute Gasteiger partial charge is 0.416 e. The monoisotopic (exact) mass is 468 g/mol. The Morgan fingerprint density at radius 1 is 1.24 bits per heavy atom. The molecule has 2 atom stereocenters. The highest BCUT2D eigenvalue weighted by Gasteiger charge is 2.44. The summed E-state index contributed by atoms with van der Waals surface area (Å²) in [6, 6.07) is 9.93. The molecule has 180 valence electrons. The van der Waals surface area contributed by atoms with Gasteiger partial charge in [-0.1, -0.05) is 19.9 Å². The molecule has 33 heavy (non-hydrogen) atoms. The lowest BCUT2D eigenvalue weighted by molar-refractivity contribution is -0.137. The van der Waals surface area contributed by atoms with E-state index in [4.69, 9.17) is 4.74 Å². The van der Waals surface area contributed by atoms with Crippen LogP contribution in [0.5, 0.6) is 5.75 Å². The van der Waals surface area contributed by atoms with E-state index in [0.717, 1.165) is 12.1 Å². The van der Waals surface area contributed by atoms with Gasteiger partial charge in [-0.05, 0) is 61.2 Å². The van der Waals surface area contributed by atoms with Crippen molar-refractivity contribution in [2.45, 2.75) is 44.6 Å². The molecule has 0 saturated carbocycles. The fourth-order valence-electron chi connectivity index (χ4n) is 4.09. The molecule has 0 aliphatic carbocycles. The third kappa shape index (κ3) is 6.91. The van der Waals surface area contributed by atoms with Gasteiger partial charge < -0.3 is 15.2 Å². The number of likely N-dealkylation sites (tertiary alicyclic amines) is 1. The largest absolute Gasteiger partial charge is 0.486 e. The summed E-state index contributed by atoms with van der Waals surface area (Å²) in [6.07, 6.45) is -4.32. The minimum atomic E-state index is -4.50. The highest BCUT2D eigenvalue weighted by Crippen LogP contribution is 2.33. The highest BCUT2D eigenvalue weighted by atomic mass is 19.4. The van der Waals surface area contributed by atoms with Crippen molar-refractivity contribution in [2.75, 3.05) is 25.0 Å². The maximum Gasteiger partial charge on any atom is 0.416 e. The Kier molecular flexibility index (Phi) is 7.64. The molecule has 1 aliphatic rings. The fourth-order valence-corrected chi connectivity index (χ4v) is 4.09. The van der Waals surface area contributed by atoms with Crippen LogP contribution >= 0.6 is 0 Å². The Morgan fingerprint density at radius 2 is 1.94 bits per heavy atom. The van der Waals surface area contributed by atoms with Gasteiger partial charge in [0.2, 0.25) is 5.91 Å². The maximum absolute atomic E-state index is 13.2. The van der Waals surface area contributed by atoms with Crippen LogP contribution in [0.15, 0.2) is 48.5 Å². The lowest BCUT2D eigenvalue weighted by Crippen LogP contribution is -2.59. The van der Waals surface area contributed by atoms with Gasteiger partial charge in [0.05, 0.1) is 12.1 Å². The van der Waals surface area contributed by atoms with Crippen molar-refractivity contribution in [1.29, 1.82) is 0 Å². The quantitative estimate of drug-likeness (QED) is 0.578. The van der Waals surface area contributed by atoms with E-state index in [1.165, 1.54) is 36.4 Å². The number of hydrogen-bond donors (Lipinski definition) is 2. The average molecular weight is 468 g/mol. The molecule has 0 aromatic heterocycles. The highest BCUT2D eigenvalue weighted by molar-refractivity contribution is 5.92. The fraction of sp³-hybridized carbons (Fsp3) is 0.458. The molecule has 1 fully saturated rings. The van der Waals surface area contributed by atoms with E-state index in [9.17, 15) is 27.5 Å². The number of aliphatic hydroxyl groups is 1. The summed E-state index contributed by atoms with van der Waals surface area (Å²) in [5, 5.41) is 13.8. The van der Waals surface area contributed by atoms with E-state index in [1.807, 2.05) is 13.8 Å². The lowest BCUT2D eigenvalue weighted by Gasteiger charge is -2.45. The van der Waals surface area contributed by atoms with Crippen molar-refractivity contribution >= 4 is 11.6 Å². The van der Waals surface area contributed by atoms with Crippen LogP contribution in [0.2, 0.25) is 0 Å². The molecule has 3 rings (SSSR count). The van der Waals surface area contributed by atoms with Gasteiger partial charge in [-0.15, -0.1) is 0 Å². The number of hydrogen-bond acceptors (Lipinski definition) is 4. The number of rotatable bonds is 7. The Balaban J connectivity index is 1.67. The van der Waals surface area contributed by atoms with Gasteiger partial charge in [0.1, 0.15) is 23.3 Å². The summed E-state index contributed by atoms with van der Waals surface area (Å²) in [7, 11) is 0. The number of nitrogens with one attached hydrogen (secondary N) is 1. The number of halogens is 4. The van der Waals surface area contributed by atoms with Crippen molar-refractivity contribution in [3.8, 4) is 5.75 Å². The first-order chi connectivity index (χ1) is 15.4. The SMILES string of the molecule is CC(C)C[C@]1(O)CCN(CC(=O)Nc2cccc(C(F)(F)F)c2)C[C@@H]1Oc1ccc(F)cc1. The first-order valence-corrected chi connectivity index (χ1v) is 10.8. The van der Waals surface area contributed by atoms with E-state index in [1.54, 1.807) is 4.90 Å². The second kappa shape index (κ2) is 10.1. The summed E-state index contributed by atoms with van der Waals surface area (Å²) in [5.41, 5.74) is -1.91. The second-order valence-corrected chi connectivity index (χ2v) is 8.87. The number of carbonyl (C=O) groups is 1. The Labute approximate surface area is 190 Å². The zero-order valence-corrected chi connectivity index (χ0v) is 18.5. The molecule has 1 heterocycles. The van der Waals surface area contributed by atoms with E-state index >= 15 is 0 Å². The van der Waals surface area contributed by atoms with E-state index in [-0.39, 0.29) is 24.7 Å². The Hall–Kier alpha value is -2.65. The number of ether oxygens (including phenoxy) is 1. The zero-order valence-electron chi connectivity index (χ0n) is 18.5. The van der Waals surface area contributed by atoms with Crippen molar-refractivity contribution in [2.24, 2.45) is 5.92 Å². The summed E-state index contributed by atoms with van der Waals surface area (Å²) in [6.45, 7) is 4.56. The Bertz CT molecular complexity index is 949. The van der Waals surface area contributed by atoms with Crippen molar-refractivity contribution < 1.29 is 32.2 Å². The average Bonchev–Trinajstić information content (AvgIpc) is 2.71. The number of nitrogens with zero attached hydrogens (tertiary/aromatic N) is 1. The molecule has 0 radical (unpaired) electrons. The van der Waals surface area contributed by atoms with Crippen LogP contribution in [0.4, 0.5) is 23.2 Å². The van der Waals surface area contributed by atoms with Crippen molar-refractivity contribution in [1.82, 2.24) is 4.90 Å². The number of benzene rings is 2. The van der Waals surface area contributed by atoms with Crippen LogP contribution < -0.4 is 10.1 Å². The summed E-state index contributed by atoms with van der Waals surface area (Å²) < 4.78 is 58.0. The normalized spacial score (nSPS) is 21.8. The van der Waals surface area contributed by atoms with E-state index < -0.39 is 35.2 Å². The Morgan fingerprint density at radius 3 is 2.58 bits per heavy atom. The molecule has 0 unspecified atom stereocenters. The number of piperidine rings is 1. The van der Waals surface area contributed by atoms with Gasteiger partial charge >= 0.3 is 6.18 Å². The van der Waals surface area contributed by atoms with Crippen LogP contribution in [0.1, 0.15) is 32.3 Å². The molecule has 5 nitrogen and oxygen atoms in total. The standard InChI is InChI=1S/C24H28F4N2O3/c1-16(2)13-23(32)10-11-30(14-21(23)33-20-8-6-18(25)7-9-20)15-22(31)29-19-5-3-4-17(12-19)24(26,27)28/h3-9,12,16,21,32H,10-11,13-15H2,1-2H3,(H,29,31)/t21-,23+/m0/s1. The number of anilines is 1. The number of amides is 1. The lowest BCUT2D eigenvalue weighted by atomic mass is 9.81. The molecular weight excluding hydrogens is 440 g/mol. The summed E-state index contributed by atoms with van der Waals surface area (Å²) in [4.78, 5) is 14.3. The maximum atomic E-state index is 13.2. The molecule has 9 heteroatoms. The van der Waals surface area contributed by atoms with Gasteiger partial charge in [0.25, 0.3) is 0 Å². The minimum Gasteiger partial charge on any atom is -0.486 e. The van der Waals surface area contributed by atoms with Crippen LogP contribution in [-0.2, 0) is 11.0 Å². The first-order valence-electron chi connectivity index (χ1n) is 10.8. The predicted octanol–water partition coefficient (Wildman–Crippen LogP) is 4.71. The zero-order chi connectivity index (χ0) is 24.2. The third-order valence-corrected chi connectivity index (χ3v) is 5.58. The van der Waals surface area contributed by atoms with E-state index in [2.05, 4.69) is 5.32 Å². The van der Waals surface area contributed by atoms with Crippen molar-refractivity contribution in [3.05, 3.63) is 59.9 Å². The molecule has 2 aromatic carbocycles. The molecule has 2 N–H and O–H groups in total. The van der Waals surface area contributed by atoms with Crippen LogP contribution in [-0.4, -0.2) is 47.3 Å². The first kappa shape index (κ1) is 25.0. The third-order valence-electron chi connectivity index (χ3n) is 5.58. The molecule has 2 aromatic rings. The molecule has 1 aliphatic heterocycles. The number of alkyl halides is 3. The molecule has 1 amide bonds. The minimum absolute atomic E-state index is 0.0576. The van der Waals surface area contributed by atoms with Crippen LogP contribution in [0.3, 0.4) is 0 Å². The molecule has 0 spiro atoms. The van der Waals surface area contributed by atoms with Crippen LogP contribution in [0, 0.1) is 11.7 Å². The van der Waals surface area contributed by atoms with E-state index in [0.29, 0.717) is 25.1 Å². The van der Waals surface area contributed by atoms with Gasteiger partial charge in [0, 0.05) is 18.8 Å². The topological polar surface area (TPSA) is 61.8 Å². The van der Waals surface area contributed by atoms with Gasteiger partial charge in [-0.2, -0.15) is 13.2 Å². The van der Waals surface area contributed by atoms with Crippen molar-refractivity contribution in [3.63, 3.8) is 0 Å². The van der Waals surface area contributed by atoms with Gasteiger partial charge in [-0.25, -0.2) is 4.39 Å². The summed E-state index contributed by atoms with van der Waals surface area (Å²) >= 11 is 0. The van der Waals surface area contributed by atoms with Crippen LogP contribution in [0.25, 0.3) is 0 Å². The van der Waals surface area contributed by atoms with Gasteiger partial charge in [-0.3, -0.25) is 9.69 Å². The second-order valence-electron chi connectivity index (χ2n) is 8.87.